The van der Waals surface area contributed by atoms with Gasteiger partial charge in [0.1, 0.15) is 0 Å². The second kappa shape index (κ2) is 5.83. The van der Waals surface area contributed by atoms with Crippen LogP contribution >= 0.6 is 23.1 Å². The van der Waals surface area contributed by atoms with Crippen molar-refractivity contribution < 1.29 is 4.79 Å². The van der Waals surface area contributed by atoms with Crippen LogP contribution in [0.1, 0.15) is 17.4 Å². The van der Waals surface area contributed by atoms with E-state index in [-0.39, 0.29) is 5.78 Å². The molecule has 0 aliphatic heterocycles. The second-order valence-electron chi connectivity index (χ2n) is 3.20. The first-order chi connectivity index (χ1) is 8.29. The van der Waals surface area contributed by atoms with Gasteiger partial charge in [-0.05, 0) is 19.1 Å². The molecule has 0 spiro atoms. The topological polar surface area (TPSA) is 70.7 Å². The molecule has 7 heteroatoms. The zero-order valence-electron chi connectivity index (χ0n) is 9.27. The number of aromatic amines is 1. The number of carbonyl (C=O) groups is 1. The lowest BCUT2D eigenvalue weighted by atomic mass is 10.3. The molecule has 5 nitrogen and oxygen atoms in total. The lowest BCUT2D eigenvalue weighted by Gasteiger charge is -1.95. The van der Waals surface area contributed by atoms with E-state index < -0.39 is 0 Å². The average Bonchev–Trinajstić information content (AvgIpc) is 2.97. The second-order valence-corrected chi connectivity index (χ2v) is 5.40. The lowest BCUT2D eigenvalue weighted by molar-refractivity contribution is 0.101. The SMILES string of the molecule is CCNc1nnc(SCC(=O)c2ccc[nH]2)s1. The number of ketones is 1. The Morgan fingerprint density at radius 2 is 2.47 bits per heavy atom. The van der Waals surface area contributed by atoms with Gasteiger partial charge in [-0.3, -0.25) is 4.79 Å². The minimum Gasteiger partial charge on any atom is -0.360 e. The first-order valence-corrected chi connectivity index (χ1v) is 6.96. The van der Waals surface area contributed by atoms with Gasteiger partial charge in [0, 0.05) is 12.7 Å². The molecule has 2 rings (SSSR count). The first kappa shape index (κ1) is 12.1. The van der Waals surface area contributed by atoms with Crippen LogP contribution in [0.3, 0.4) is 0 Å². The van der Waals surface area contributed by atoms with E-state index in [1.807, 2.05) is 13.0 Å². The van der Waals surface area contributed by atoms with Gasteiger partial charge in [0.05, 0.1) is 11.4 Å². The van der Waals surface area contributed by atoms with E-state index in [2.05, 4.69) is 20.5 Å². The van der Waals surface area contributed by atoms with Gasteiger partial charge >= 0.3 is 0 Å². The molecule has 0 aromatic carbocycles. The highest BCUT2D eigenvalue weighted by molar-refractivity contribution is 8.01. The first-order valence-electron chi connectivity index (χ1n) is 5.16. The molecular formula is C10H12N4OS2. The van der Waals surface area contributed by atoms with Crippen LogP contribution in [0.2, 0.25) is 0 Å². The fourth-order valence-corrected chi connectivity index (χ4v) is 2.90. The van der Waals surface area contributed by atoms with Crippen LogP contribution in [0.4, 0.5) is 5.13 Å². The third-order valence-electron chi connectivity index (χ3n) is 1.96. The van der Waals surface area contributed by atoms with Crippen molar-refractivity contribution in [2.45, 2.75) is 11.3 Å². The summed E-state index contributed by atoms with van der Waals surface area (Å²) in [6.45, 7) is 2.82. The van der Waals surface area contributed by atoms with E-state index in [1.165, 1.54) is 23.1 Å². The molecule has 0 atom stereocenters. The third kappa shape index (κ3) is 3.31. The van der Waals surface area contributed by atoms with Crippen molar-refractivity contribution in [1.82, 2.24) is 15.2 Å². The van der Waals surface area contributed by atoms with Crippen molar-refractivity contribution in [3.05, 3.63) is 24.0 Å². The van der Waals surface area contributed by atoms with Crippen molar-refractivity contribution in [1.29, 1.82) is 0 Å². The Bertz CT molecular complexity index is 480. The van der Waals surface area contributed by atoms with Gasteiger partial charge in [0.25, 0.3) is 0 Å². The molecule has 2 heterocycles. The molecule has 2 aromatic rings. The number of nitrogens with zero attached hydrogens (tertiary/aromatic N) is 2. The number of carbonyl (C=O) groups excluding carboxylic acids is 1. The van der Waals surface area contributed by atoms with Crippen LogP contribution in [-0.4, -0.2) is 33.3 Å². The van der Waals surface area contributed by atoms with Crippen molar-refractivity contribution in [3.8, 4) is 0 Å². The number of hydrogen-bond donors (Lipinski definition) is 2. The molecule has 0 fully saturated rings. The smallest absolute Gasteiger partial charge is 0.206 e. The number of rotatable bonds is 6. The molecule has 0 bridgehead atoms. The highest BCUT2D eigenvalue weighted by Crippen LogP contribution is 2.25. The fourth-order valence-electron chi connectivity index (χ4n) is 1.20. The Labute approximate surface area is 107 Å². The van der Waals surface area contributed by atoms with Gasteiger partial charge in [-0.1, -0.05) is 23.1 Å². The zero-order valence-corrected chi connectivity index (χ0v) is 10.9. The monoisotopic (exact) mass is 268 g/mol. The summed E-state index contributed by atoms with van der Waals surface area (Å²) in [4.78, 5) is 14.6. The number of hydrogen-bond acceptors (Lipinski definition) is 6. The van der Waals surface area contributed by atoms with E-state index >= 15 is 0 Å². The molecule has 0 amide bonds. The lowest BCUT2D eigenvalue weighted by Crippen LogP contribution is -2.02. The maximum absolute atomic E-state index is 11.7. The summed E-state index contributed by atoms with van der Waals surface area (Å²) < 4.78 is 0.806. The summed E-state index contributed by atoms with van der Waals surface area (Å²) in [5.41, 5.74) is 0.633. The zero-order chi connectivity index (χ0) is 12.1. The Morgan fingerprint density at radius 3 is 3.18 bits per heavy atom. The van der Waals surface area contributed by atoms with Crippen LogP contribution in [0, 0.1) is 0 Å². The summed E-state index contributed by atoms with van der Waals surface area (Å²) in [6.07, 6.45) is 1.74. The van der Waals surface area contributed by atoms with Crippen LogP contribution in [0.15, 0.2) is 22.7 Å². The van der Waals surface area contributed by atoms with Crippen LogP contribution < -0.4 is 5.32 Å². The van der Waals surface area contributed by atoms with Gasteiger partial charge in [-0.15, -0.1) is 10.2 Å². The molecule has 17 heavy (non-hydrogen) atoms. The Kier molecular flexibility index (Phi) is 4.16. The van der Waals surface area contributed by atoms with Gasteiger partial charge in [-0.2, -0.15) is 0 Å². The minimum atomic E-state index is 0.0696. The molecule has 0 saturated carbocycles. The molecule has 2 N–H and O–H groups in total. The highest BCUT2D eigenvalue weighted by atomic mass is 32.2. The summed E-state index contributed by atoms with van der Waals surface area (Å²) in [7, 11) is 0. The standard InChI is InChI=1S/C10H12N4OS2/c1-2-11-9-13-14-10(17-9)16-6-8(15)7-4-3-5-12-7/h3-5,12H,2,6H2,1H3,(H,11,13). The maximum atomic E-state index is 11.7. The number of thioether (sulfide) groups is 1. The normalized spacial score (nSPS) is 10.4. The van der Waals surface area contributed by atoms with Crippen molar-refractivity contribution >= 4 is 34.0 Å². The quantitative estimate of drug-likeness (QED) is 0.621. The summed E-state index contributed by atoms with van der Waals surface area (Å²) in [5, 5.41) is 11.8. The van der Waals surface area contributed by atoms with Crippen LogP contribution in [0.5, 0.6) is 0 Å². The maximum Gasteiger partial charge on any atom is 0.206 e. The Hall–Kier alpha value is -1.34. The number of Topliss-reactive ketones (excluding diaryl/α,β-unsaturated/α-hetero) is 1. The Morgan fingerprint density at radius 1 is 1.59 bits per heavy atom. The predicted octanol–water partition coefficient (Wildman–Crippen LogP) is 2.27. The highest BCUT2D eigenvalue weighted by Gasteiger charge is 2.09. The fraction of sp³-hybridized carbons (Fsp3) is 0.300. The summed E-state index contributed by atoms with van der Waals surface area (Å²) >= 11 is 2.87. The largest absolute Gasteiger partial charge is 0.360 e. The van der Waals surface area contributed by atoms with E-state index in [0.29, 0.717) is 11.4 Å². The van der Waals surface area contributed by atoms with Gasteiger partial charge in [-0.25, -0.2) is 0 Å². The van der Waals surface area contributed by atoms with Crippen molar-refractivity contribution in [3.63, 3.8) is 0 Å². The van der Waals surface area contributed by atoms with E-state index in [9.17, 15) is 4.79 Å². The summed E-state index contributed by atoms with van der Waals surface area (Å²) in [5.74, 6) is 0.446. The third-order valence-corrected chi connectivity index (χ3v) is 3.97. The van der Waals surface area contributed by atoms with Crippen molar-refractivity contribution in [2.75, 3.05) is 17.6 Å². The van der Waals surface area contributed by atoms with Crippen LogP contribution in [0.25, 0.3) is 0 Å². The number of H-pyrrole nitrogens is 1. The molecule has 0 radical (unpaired) electrons. The number of anilines is 1. The van der Waals surface area contributed by atoms with Gasteiger partial charge in [0.2, 0.25) is 5.13 Å². The number of aromatic nitrogens is 3. The molecule has 0 unspecified atom stereocenters. The Balaban J connectivity index is 1.87. The molecular weight excluding hydrogens is 256 g/mol. The molecule has 0 aliphatic carbocycles. The average molecular weight is 268 g/mol. The molecule has 90 valence electrons. The minimum absolute atomic E-state index is 0.0696. The van der Waals surface area contributed by atoms with E-state index in [0.717, 1.165) is 16.0 Å². The van der Waals surface area contributed by atoms with Gasteiger partial charge in [0.15, 0.2) is 10.1 Å². The molecule has 0 saturated heterocycles. The summed E-state index contributed by atoms with van der Waals surface area (Å²) in [6, 6.07) is 3.58. The van der Waals surface area contributed by atoms with E-state index in [4.69, 9.17) is 0 Å². The number of nitrogens with one attached hydrogen (secondary N) is 2. The predicted molar refractivity (Wildman–Crippen MR) is 69.9 cm³/mol. The van der Waals surface area contributed by atoms with Crippen molar-refractivity contribution in [2.24, 2.45) is 0 Å². The van der Waals surface area contributed by atoms with Crippen LogP contribution in [-0.2, 0) is 0 Å². The van der Waals surface area contributed by atoms with Gasteiger partial charge < -0.3 is 10.3 Å². The molecule has 0 aliphatic rings. The van der Waals surface area contributed by atoms with E-state index in [1.54, 1.807) is 12.3 Å². The molecule has 2 aromatic heterocycles.